The summed E-state index contributed by atoms with van der Waals surface area (Å²) in [6, 6.07) is 4.40. The zero-order valence-electron chi connectivity index (χ0n) is 13.1. The molecule has 6 nitrogen and oxygen atoms in total. The number of nitrogens with one attached hydrogen (secondary N) is 1. The van der Waals surface area contributed by atoms with Crippen molar-refractivity contribution >= 4 is 17.5 Å². The second-order valence-corrected chi connectivity index (χ2v) is 5.84. The molecule has 0 radical (unpaired) electrons. The van der Waals surface area contributed by atoms with Crippen molar-refractivity contribution in [2.24, 2.45) is 0 Å². The molecule has 7 heteroatoms. The Kier molecular flexibility index (Phi) is 4.80. The van der Waals surface area contributed by atoms with Gasteiger partial charge in [-0.2, -0.15) is 0 Å². The Labute approximate surface area is 138 Å². The maximum Gasteiger partial charge on any atom is 0.277 e. The fourth-order valence-corrected chi connectivity index (χ4v) is 2.95. The van der Waals surface area contributed by atoms with E-state index >= 15 is 0 Å². The molecule has 0 atom stereocenters. The van der Waals surface area contributed by atoms with Gasteiger partial charge in [-0.3, -0.25) is 14.5 Å². The van der Waals surface area contributed by atoms with Crippen LogP contribution < -0.4 is 10.1 Å². The van der Waals surface area contributed by atoms with Crippen molar-refractivity contribution in [3.63, 3.8) is 0 Å². The molecular formula is C17H19FN2O4. The van der Waals surface area contributed by atoms with E-state index < -0.39 is 17.6 Å². The van der Waals surface area contributed by atoms with Gasteiger partial charge < -0.3 is 15.2 Å². The number of nitrogens with zero attached hydrogens (tertiary/aromatic N) is 1. The number of halogens is 1. The molecule has 0 unspecified atom stereocenters. The molecule has 128 valence electrons. The van der Waals surface area contributed by atoms with Crippen molar-refractivity contribution in [1.82, 2.24) is 4.90 Å². The highest BCUT2D eigenvalue weighted by atomic mass is 19.1. The Morgan fingerprint density at radius 2 is 2.04 bits per heavy atom. The number of benzene rings is 1. The van der Waals surface area contributed by atoms with Gasteiger partial charge in [0, 0.05) is 6.08 Å². The van der Waals surface area contributed by atoms with E-state index in [0.717, 1.165) is 36.7 Å². The number of carbonyl (C=O) groups is 2. The number of aliphatic hydroxyl groups is 1. The Hall–Kier alpha value is -2.41. The Morgan fingerprint density at radius 3 is 2.75 bits per heavy atom. The lowest BCUT2D eigenvalue weighted by Crippen LogP contribution is -2.34. The van der Waals surface area contributed by atoms with Crippen LogP contribution in [0.1, 0.15) is 25.7 Å². The highest BCUT2D eigenvalue weighted by Crippen LogP contribution is 2.33. The number of amides is 2. The molecule has 1 heterocycles. The minimum atomic E-state index is -0.551. The predicted octanol–water partition coefficient (Wildman–Crippen LogP) is 1.80. The lowest BCUT2D eigenvalue weighted by atomic mass is 10.2. The molecule has 1 saturated carbocycles. The van der Waals surface area contributed by atoms with Crippen molar-refractivity contribution in [3.05, 3.63) is 35.8 Å². The smallest absolute Gasteiger partial charge is 0.277 e. The SMILES string of the molecule is O=C1C=C(Nc2cccc(F)c2OC2CCCC2)C(=O)N1CCO. The third-order valence-corrected chi connectivity index (χ3v) is 4.16. The average Bonchev–Trinajstić information content (AvgIpc) is 3.15. The van der Waals surface area contributed by atoms with Gasteiger partial charge >= 0.3 is 0 Å². The number of hydrogen-bond acceptors (Lipinski definition) is 5. The predicted molar refractivity (Wildman–Crippen MR) is 84.8 cm³/mol. The maximum atomic E-state index is 14.2. The monoisotopic (exact) mass is 334 g/mol. The quantitative estimate of drug-likeness (QED) is 0.776. The summed E-state index contributed by atoms with van der Waals surface area (Å²) in [4.78, 5) is 24.9. The molecule has 1 aromatic rings. The fourth-order valence-electron chi connectivity index (χ4n) is 2.95. The average molecular weight is 334 g/mol. The summed E-state index contributed by atoms with van der Waals surface area (Å²) >= 11 is 0. The number of imide groups is 1. The third kappa shape index (κ3) is 3.26. The van der Waals surface area contributed by atoms with E-state index in [1.54, 1.807) is 6.07 Å². The number of carbonyl (C=O) groups excluding carboxylic acids is 2. The number of para-hydroxylation sites is 1. The molecule has 1 aliphatic carbocycles. The van der Waals surface area contributed by atoms with Gasteiger partial charge in [0.2, 0.25) is 0 Å². The van der Waals surface area contributed by atoms with Gasteiger partial charge in [-0.05, 0) is 37.8 Å². The van der Waals surface area contributed by atoms with Crippen molar-refractivity contribution in [2.75, 3.05) is 18.5 Å². The Balaban J connectivity index is 1.80. The summed E-state index contributed by atoms with van der Waals surface area (Å²) in [5.41, 5.74) is 0.343. The maximum absolute atomic E-state index is 14.2. The largest absolute Gasteiger partial charge is 0.485 e. The number of ether oxygens (including phenoxy) is 1. The minimum absolute atomic E-state index is 0.0373. The summed E-state index contributed by atoms with van der Waals surface area (Å²) in [5, 5.41) is 11.7. The van der Waals surface area contributed by atoms with Crippen LogP contribution in [0.3, 0.4) is 0 Å². The summed E-state index contributed by atoms with van der Waals surface area (Å²) < 4.78 is 19.9. The standard InChI is InChI=1S/C17H19FN2O4/c18-12-6-3-7-13(16(12)24-11-4-1-2-5-11)19-14-10-15(22)20(8-9-21)17(14)23/h3,6-7,10-11,19,21H,1-2,4-5,8-9H2. The van der Waals surface area contributed by atoms with Crippen LogP contribution >= 0.6 is 0 Å². The molecule has 1 aliphatic heterocycles. The molecular weight excluding hydrogens is 315 g/mol. The summed E-state index contributed by atoms with van der Waals surface area (Å²) in [6.07, 6.45) is 4.95. The first-order valence-electron chi connectivity index (χ1n) is 8.00. The van der Waals surface area contributed by atoms with E-state index in [2.05, 4.69) is 5.32 Å². The van der Waals surface area contributed by atoms with Crippen LogP contribution in [-0.4, -0.2) is 41.1 Å². The highest BCUT2D eigenvalue weighted by Gasteiger charge is 2.31. The van der Waals surface area contributed by atoms with E-state index in [0.29, 0.717) is 5.69 Å². The van der Waals surface area contributed by atoms with Crippen LogP contribution in [-0.2, 0) is 9.59 Å². The van der Waals surface area contributed by atoms with Crippen molar-refractivity contribution in [3.8, 4) is 5.75 Å². The topological polar surface area (TPSA) is 78.9 Å². The number of anilines is 1. The van der Waals surface area contributed by atoms with Gasteiger partial charge in [0.25, 0.3) is 11.8 Å². The van der Waals surface area contributed by atoms with Crippen LogP contribution in [0.25, 0.3) is 0 Å². The number of β-amino-alcohol motifs (C(OH)–C–C–N with tert-alkyl or cyclic N) is 1. The summed E-state index contributed by atoms with van der Waals surface area (Å²) in [5.74, 6) is -1.51. The third-order valence-electron chi connectivity index (χ3n) is 4.16. The number of aliphatic hydroxyl groups excluding tert-OH is 1. The first-order chi connectivity index (χ1) is 11.6. The van der Waals surface area contributed by atoms with Gasteiger partial charge in [0.1, 0.15) is 5.70 Å². The highest BCUT2D eigenvalue weighted by molar-refractivity contribution is 6.17. The fraction of sp³-hybridized carbons (Fsp3) is 0.412. The first-order valence-corrected chi connectivity index (χ1v) is 8.00. The zero-order valence-corrected chi connectivity index (χ0v) is 13.1. The van der Waals surface area contributed by atoms with Gasteiger partial charge in [-0.25, -0.2) is 4.39 Å². The van der Waals surface area contributed by atoms with Crippen molar-refractivity contribution < 1.29 is 23.8 Å². The van der Waals surface area contributed by atoms with Crippen LogP contribution in [0, 0.1) is 5.82 Å². The molecule has 0 spiro atoms. The molecule has 2 N–H and O–H groups in total. The summed E-state index contributed by atoms with van der Waals surface area (Å²) in [7, 11) is 0. The van der Waals surface area contributed by atoms with Crippen LogP contribution in [0.4, 0.5) is 10.1 Å². The molecule has 2 amide bonds. The lowest BCUT2D eigenvalue weighted by molar-refractivity contribution is -0.137. The van der Waals surface area contributed by atoms with E-state index in [4.69, 9.17) is 9.84 Å². The molecule has 1 fully saturated rings. The second kappa shape index (κ2) is 7.00. The molecule has 0 saturated heterocycles. The summed E-state index contributed by atoms with van der Waals surface area (Å²) in [6.45, 7) is -0.386. The van der Waals surface area contributed by atoms with Crippen molar-refractivity contribution in [1.29, 1.82) is 0 Å². The Bertz CT molecular complexity index is 683. The van der Waals surface area contributed by atoms with Gasteiger partial charge in [0.15, 0.2) is 11.6 Å². The molecule has 2 aliphatic rings. The molecule has 24 heavy (non-hydrogen) atoms. The van der Waals surface area contributed by atoms with E-state index in [-0.39, 0.29) is 30.7 Å². The van der Waals surface area contributed by atoms with E-state index in [9.17, 15) is 14.0 Å². The van der Waals surface area contributed by atoms with Crippen LogP contribution in [0.5, 0.6) is 5.75 Å². The molecule has 3 rings (SSSR count). The van der Waals surface area contributed by atoms with Crippen LogP contribution in [0.15, 0.2) is 30.0 Å². The molecule has 1 aromatic carbocycles. The lowest BCUT2D eigenvalue weighted by Gasteiger charge is -2.18. The number of rotatable bonds is 6. The van der Waals surface area contributed by atoms with Gasteiger partial charge in [0.05, 0.1) is 24.9 Å². The van der Waals surface area contributed by atoms with Crippen molar-refractivity contribution in [2.45, 2.75) is 31.8 Å². The normalized spacial score (nSPS) is 18.2. The Morgan fingerprint density at radius 1 is 1.29 bits per heavy atom. The first kappa shape index (κ1) is 16.4. The second-order valence-electron chi connectivity index (χ2n) is 5.84. The molecule has 0 aromatic heterocycles. The van der Waals surface area contributed by atoms with Gasteiger partial charge in [-0.15, -0.1) is 0 Å². The van der Waals surface area contributed by atoms with E-state index in [1.165, 1.54) is 12.1 Å². The van der Waals surface area contributed by atoms with Gasteiger partial charge in [-0.1, -0.05) is 6.07 Å². The zero-order chi connectivity index (χ0) is 17.1. The van der Waals surface area contributed by atoms with E-state index in [1.807, 2.05) is 0 Å². The van der Waals surface area contributed by atoms with Crippen LogP contribution in [0.2, 0.25) is 0 Å². The minimum Gasteiger partial charge on any atom is -0.485 e. The number of hydrogen-bond donors (Lipinski definition) is 2. The molecule has 0 bridgehead atoms.